The number of rotatable bonds is 4. The molecule has 0 bridgehead atoms. The van der Waals surface area contributed by atoms with Crippen LogP contribution in [0.1, 0.15) is 19.8 Å². The van der Waals surface area contributed by atoms with E-state index in [1.807, 2.05) is 0 Å². The third-order valence-electron chi connectivity index (χ3n) is 1.45. The highest BCUT2D eigenvalue weighted by molar-refractivity contribution is 7.45. The molecule has 0 aliphatic rings. The number of phosphoric acid groups is 1. The van der Waals surface area contributed by atoms with E-state index in [0.29, 0.717) is 0 Å². The number of hydrogen-bond donors (Lipinski definition) is 4. The fraction of sp³-hybridized carbons (Fsp3) is 1.00. The van der Waals surface area contributed by atoms with Gasteiger partial charge in [-0.05, 0) is 6.54 Å². The maximum atomic E-state index is 11.8. The summed E-state index contributed by atoms with van der Waals surface area (Å²) >= 11 is 0. The van der Waals surface area contributed by atoms with Crippen LogP contribution in [0.2, 0.25) is 0 Å². The lowest BCUT2D eigenvalue weighted by molar-refractivity contribution is -0.164. The predicted octanol–water partition coefficient (Wildman–Crippen LogP) is 1.94. The Hall–Kier alpha value is -0.350. The van der Waals surface area contributed by atoms with Crippen LogP contribution in [0.25, 0.3) is 0 Å². The van der Waals surface area contributed by atoms with Crippen molar-refractivity contribution >= 4 is 7.82 Å². The molecular formula is C7H14F6NO4P. The maximum Gasteiger partial charge on any atom is 0.466 e. The van der Waals surface area contributed by atoms with Crippen molar-refractivity contribution in [3.8, 4) is 0 Å². The molecule has 0 heterocycles. The van der Waals surface area contributed by atoms with E-state index >= 15 is 0 Å². The average molecular weight is 321 g/mol. The molecule has 5 nitrogen and oxygen atoms in total. The Bertz CT molecular complexity index is 264. The van der Waals surface area contributed by atoms with Gasteiger partial charge in [-0.1, -0.05) is 6.92 Å². The molecule has 0 amide bonds. The zero-order valence-corrected chi connectivity index (χ0v) is 10.6. The van der Waals surface area contributed by atoms with Crippen molar-refractivity contribution in [3.63, 3.8) is 0 Å². The molecular weight excluding hydrogens is 307 g/mol. The van der Waals surface area contributed by atoms with E-state index in [1.54, 1.807) is 0 Å². The van der Waals surface area contributed by atoms with E-state index in [4.69, 9.17) is 19.2 Å². The van der Waals surface area contributed by atoms with Crippen molar-refractivity contribution in [3.05, 3.63) is 0 Å². The van der Waals surface area contributed by atoms with Crippen molar-refractivity contribution in [2.75, 3.05) is 6.54 Å². The number of hydrogen-bond acceptors (Lipinski definition) is 2. The van der Waals surface area contributed by atoms with Gasteiger partial charge in [-0.25, -0.2) is 4.57 Å². The highest BCUT2D eigenvalue weighted by Crippen LogP contribution is 2.28. The topological polar surface area (TPSA) is 89.8 Å². The summed E-state index contributed by atoms with van der Waals surface area (Å²) in [6.07, 6.45) is -12.1. The van der Waals surface area contributed by atoms with Crippen LogP contribution in [0, 0.1) is 0 Å². The van der Waals surface area contributed by atoms with Crippen molar-refractivity contribution in [1.82, 2.24) is 5.32 Å². The Morgan fingerprint density at radius 1 is 1.00 bits per heavy atom. The quantitative estimate of drug-likeness (QED) is 0.469. The van der Waals surface area contributed by atoms with Crippen LogP contribution < -0.4 is 5.32 Å². The normalized spacial score (nSPS) is 13.2. The van der Waals surface area contributed by atoms with Gasteiger partial charge in [0.25, 0.3) is 0 Å². The number of halogens is 6. The second-order valence-corrected chi connectivity index (χ2v) is 4.43. The highest BCUT2D eigenvalue weighted by atomic mass is 31.2. The second-order valence-electron chi connectivity index (χ2n) is 3.41. The van der Waals surface area contributed by atoms with Crippen molar-refractivity contribution in [2.45, 2.75) is 38.2 Å². The monoisotopic (exact) mass is 321 g/mol. The van der Waals surface area contributed by atoms with E-state index in [-0.39, 0.29) is 6.54 Å². The molecule has 0 aromatic carbocycles. The van der Waals surface area contributed by atoms with Gasteiger partial charge >= 0.3 is 20.2 Å². The van der Waals surface area contributed by atoms with Gasteiger partial charge in [0, 0.05) is 6.04 Å². The summed E-state index contributed by atoms with van der Waals surface area (Å²) in [6.45, 7) is 1.54. The minimum absolute atomic E-state index is 0.0802. The summed E-state index contributed by atoms with van der Waals surface area (Å²) in [7, 11) is -4.64. The molecule has 0 unspecified atom stereocenters. The zero-order valence-electron chi connectivity index (χ0n) is 9.66. The molecule has 19 heavy (non-hydrogen) atoms. The molecule has 0 fully saturated rings. The third-order valence-corrected chi connectivity index (χ3v) is 1.45. The minimum Gasteiger partial charge on any atom is -0.314 e. The van der Waals surface area contributed by atoms with Crippen LogP contribution >= 0.6 is 7.82 Å². The van der Waals surface area contributed by atoms with Gasteiger partial charge in [-0.2, -0.15) is 26.3 Å². The summed E-state index contributed by atoms with van der Waals surface area (Å²) in [5.41, 5.74) is 0. The first kappa shape index (κ1) is 21.0. The van der Waals surface area contributed by atoms with Gasteiger partial charge in [-0.15, -0.1) is 0 Å². The Balaban J connectivity index is 0. The summed E-state index contributed by atoms with van der Waals surface area (Å²) in [6, 6.07) is -1.58. The van der Waals surface area contributed by atoms with Gasteiger partial charge in [-0.3, -0.25) is 0 Å². The van der Waals surface area contributed by atoms with E-state index in [2.05, 4.69) is 5.32 Å². The molecule has 0 aromatic heterocycles. The molecule has 118 valence electrons. The molecule has 12 heteroatoms. The first-order chi connectivity index (χ1) is 8.14. The summed E-state index contributed by atoms with van der Waals surface area (Å²) in [4.78, 5) is 21.6. The van der Waals surface area contributed by atoms with E-state index in [0.717, 1.165) is 0 Å². The highest BCUT2D eigenvalue weighted by Gasteiger charge is 2.38. The Morgan fingerprint density at radius 3 is 1.42 bits per heavy atom. The maximum absolute atomic E-state index is 11.8. The molecule has 0 aliphatic heterocycles. The lowest BCUT2D eigenvalue weighted by Gasteiger charge is -2.20. The van der Waals surface area contributed by atoms with Crippen molar-refractivity contribution in [2.24, 2.45) is 0 Å². The molecule has 0 rings (SSSR count). The van der Waals surface area contributed by atoms with Crippen LogP contribution in [0.15, 0.2) is 0 Å². The third kappa shape index (κ3) is 27.0. The first-order valence-electron chi connectivity index (χ1n) is 4.79. The summed E-state index contributed by atoms with van der Waals surface area (Å²) < 4.78 is 79.7. The zero-order chi connectivity index (χ0) is 15.9. The molecule has 0 aromatic rings. The van der Waals surface area contributed by atoms with Gasteiger partial charge in [0.15, 0.2) is 0 Å². The van der Waals surface area contributed by atoms with Crippen LogP contribution in [0.4, 0.5) is 26.3 Å². The molecule has 4 N–H and O–H groups in total. The molecule has 0 saturated carbocycles. The van der Waals surface area contributed by atoms with E-state index in [9.17, 15) is 26.3 Å². The SMILES string of the molecule is CCNC(CC(F)(F)F)CC(F)(F)F.O=P(O)(O)O. The smallest absolute Gasteiger partial charge is 0.314 e. The average Bonchev–Trinajstić information content (AvgIpc) is 1.92. The van der Waals surface area contributed by atoms with Crippen LogP contribution in [-0.4, -0.2) is 39.6 Å². The number of alkyl halides is 6. The fourth-order valence-corrected chi connectivity index (χ4v) is 1.06. The van der Waals surface area contributed by atoms with Crippen LogP contribution in [-0.2, 0) is 4.57 Å². The minimum atomic E-state index is -4.64. The van der Waals surface area contributed by atoms with Gasteiger partial charge in [0.2, 0.25) is 0 Å². The van der Waals surface area contributed by atoms with E-state index < -0.39 is 39.1 Å². The van der Waals surface area contributed by atoms with Crippen LogP contribution in [0.3, 0.4) is 0 Å². The first-order valence-corrected chi connectivity index (χ1v) is 6.35. The molecule has 0 radical (unpaired) electrons. The second kappa shape index (κ2) is 8.05. The lowest BCUT2D eigenvalue weighted by atomic mass is 10.1. The van der Waals surface area contributed by atoms with Crippen LogP contribution in [0.5, 0.6) is 0 Å². The van der Waals surface area contributed by atoms with E-state index in [1.165, 1.54) is 6.92 Å². The fourth-order valence-electron chi connectivity index (χ4n) is 1.06. The lowest BCUT2D eigenvalue weighted by Crippen LogP contribution is -2.37. The Morgan fingerprint density at radius 2 is 1.26 bits per heavy atom. The van der Waals surface area contributed by atoms with Gasteiger partial charge in [0.05, 0.1) is 12.8 Å². The molecule has 0 saturated heterocycles. The predicted molar refractivity (Wildman–Crippen MR) is 53.1 cm³/mol. The molecule has 0 atom stereocenters. The standard InChI is InChI=1S/C7H11F6N.H3O4P/c1-2-14-5(3-6(8,9)10)4-7(11,12)13;1-5(2,3)4/h5,14H,2-4H2,1H3;(H3,1,2,3,4). The summed E-state index contributed by atoms with van der Waals surface area (Å²) in [5.74, 6) is 0. The van der Waals surface area contributed by atoms with Crippen molar-refractivity contribution < 1.29 is 45.6 Å². The molecule has 0 spiro atoms. The summed E-state index contributed by atoms with van der Waals surface area (Å²) in [5, 5.41) is 2.16. The molecule has 0 aliphatic carbocycles. The Kier molecular flexibility index (Phi) is 8.88. The largest absolute Gasteiger partial charge is 0.466 e. The Labute approximate surface area is 104 Å². The van der Waals surface area contributed by atoms with Gasteiger partial charge in [0.1, 0.15) is 0 Å². The van der Waals surface area contributed by atoms with Crippen molar-refractivity contribution in [1.29, 1.82) is 0 Å². The van der Waals surface area contributed by atoms with Gasteiger partial charge < -0.3 is 20.0 Å². The number of nitrogens with one attached hydrogen (secondary N) is 1.